The SMILES string of the molecule is CCCC1CNCCC1(C)C1CCC1. The van der Waals surface area contributed by atoms with Gasteiger partial charge in [-0.1, -0.05) is 26.7 Å². The van der Waals surface area contributed by atoms with Crippen molar-refractivity contribution in [3.8, 4) is 0 Å². The Morgan fingerprint density at radius 1 is 1.36 bits per heavy atom. The van der Waals surface area contributed by atoms with Gasteiger partial charge in [0.2, 0.25) is 0 Å². The molecule has 2 unspecified atom stereocenters. The molecule has 0 aromatic carbocycles. The van der Waals surface area contributed by atoms with Crippen LogP contribution in [0, 0.1) is 17.3 Å². The lowest BCUT2D eigenvalue weighted by Crippen LogP contribution is -2.49. The molecular weight excluding hydrogens is 170 g/mol. The number of rotatable bonds is 3. The molecule has 2 aliphatic rings. The maximum atomic E-state index is 3.58. The third-order valence-corrected chi connectivity index (χ3v) is 4.84. The minimum atomic E-state index is 0.680. The van der Waals surface area contributed by atoms with E-state index in [1.807, 2.05) is 0 Å². The third kappa shape index (κ3) is 1.71. The van der Waals surface area contributed by atoms with Gasteiger partial charge in [0.15, 0.2) is 0 Å². The summed E-state index contributed by atoms with van der Waals surface area (Å²) in [6.07, 6.45) is 8.72. The number of hydrogen-bond donors (Lipinski definition) is 1. The Kier molecular flexibility index (Phi) is 3.16. The van der Waals surface area contributed by atoms with Crippen molar-refractivity contribution in [1.29, 1.82) is 0 Å². The minimum Gasteiger partial charge on any atom is -0.316 e. The van der Waals surface area contributed by atoms with Crippen molar-refractivity contribution in [2.45, 2.75) is 52.4 Å². The van der Waals surface area contributed by atoms with Gasteiger partial charge in [0, 0.05) is 0 Å². The van der Waals surface area contributed by atoms with Crippen LogP contribution in [-0.2, 0) is 0 Å². The Balaban J connectivity index is 2.02. The van der Waals surface area contributed by atoms with E-state index < -0.39 is 0 Å². The monoisotopic (exact) mass is 195 g/mol. The number of piperidine rings is 1. The summed E-state index contributed by atoms with van der Waals surface area (Å²) >= 11 is 0. The lowest BCUT2D eigenvalue weighted by Gasteiger charge is -2.51. The van der Waals surface area contributed by atoms with Crippen LogP contribution in [-0.4, -0.2) is 13.1 Å². The molecule has 2 fully saturated rings. The Morgan fingerprint density at radius 2 is 2.14 bits per heavy atom. The van der Waals surface area contributed by atoms with Crippen molar-refractivity contribution in [1.82, 2.24) is 5.32 Å². The molecule has 2 atom stereocenters. The second kappa shape index (κ2) is 4.22. The fourth-order valence-electron chi connectivity index (χ4n) is 3.46. The van der Waals surface area contributed by atoms with Crippen LogP contribution in [0.1, 0.15) is 52.4 Å². The van der Waals surface area contributed by atoms with E-state index in [2.05, 4.69) is 19.2 Å². The Labute approximate surface area is 88.7 Å². The van der Waals surface area contributed by atoms with E-state index in [1.54, 1.807) is 0 Å². The van der Waals surface area contributed by atoms with Gasteiger partial charge < -0.3 is 5.32 Å². The molecule has 0 aromatic rings. The van der Waals surface area contributed by atoms with Gasteiger partial charge in [-0.25, -0.2) is 0 Å². The first kappa shape index (κ1) is 10.5. The normalized spacial score (nSPS) is 39.4. The van der Waals surface area contributed by atoms with E-state index in [0.29, 0.717) is 5.41 Å². The molecule has 0 amide bonds. The largest absolute Gasteiger partial charge is 0.316 e. The zero-order chi connectivity index (χ0) is 10.0. The van der Waals surface area contributed by atoms with Crippen LogP contribution in [0.3, 0.4) is 0 Å². The summed E-state index contributed by atoms with van der Waals surface area (Å²) < 4.78 is 0. The maximum absolute atomic E-state index is 3.58. The highest BCUT2D eigenvalue weighted by molar-refractivity contribution is 4.95. The van der Waals surface area contributed by atoms with Gasteiger partial charge in [-0.15, -0.1) is 0 Å². The highest BCUT2D eigenvalue weighted by atomic mass is 14.9. The van der Waals surface area contributed by atoms with Crippen LogP contribution in [0.5, 0.6) is 0 Å². The number of nitrogens with one attached hydrogen (secondary N) is 1. The molecule has 1 nitrogen and oxygen atoms in total. The summed E-state index contributed by atoms with van der Waals surface area (Å²) in [5, 5.41) is 3.58. The van der Waals surface area contributed by atoms with Crippen molar-refractivity contribution < 1.29 is 0 Å². The maximum Gasteiger partial charge on any atom is -0.00152 e. The van der Waals surface area contributed by atoms with E-state index >= 15 is 0 Å². The Morgan fingerprint density at radius 3 is 2.71 bits per heavy atom. The first-order chi connectivity index (χ1) is 6.77. The second-order valence-electron chi connectivity index (χ2n) is 5.57. The van der Waals surface area contributed by atoms with E-state index in [4.69, 9.17) is 0 Å². The first-order valence-electron chi connectivity index (χ1n) is 6.48. The van der Waals surface area contributed by atoms with Gasteiger partial charge >= 0.3 is 0 Å². The van der Waals surface area contributed by atoms with E-state index in [9.17, 15) is 0 Å². The minimum absolute atomic E-state index is 0.680. The van der Waals surface area contributed by atoms with Crippen molar-refractivity contribution in [3.05, 3.63) is 0 Å². The molecule has 1 aliphatic heterocycles. The standard InChI is InChI=1S/C13H25N/c1-3-5-12-10-14-9-8-13(12,2)11-6-4-7-11/h11-12,14H,3-10H2,1-2H3. The van der Waals surface area contributed by atoms with Gasteiger partial charge in [0.25, 0.3) is 0 Å². The fourth-order valence-corrected chi connectivity index (χ4v) is 3.46. The Hall–Kier alpha value is -0.0400. The quantitative estimate of drug-likeness (QED) is 0.729. The molecule has 0 bridgehead atoms. The molecule has 2 rings (SSSR count). The van der Waals surface area contributed by atoms with Gasteiger partial charge in [-0.2, -0.15) is 0 Å². The average molecular weight is 195 g/mol. The number of hydrogen-bond acceptors (Lipinski definition) is 1. The molecule has 1 saturated carbocycles. The van der Waals surface area contributed by atoms with Crippen molar-refractivity contribution in [2.24, 2.45) is 17.3 Å². The molecule has 1 N–H and O–H groups in total. The molecule has 14 heavy (non-hydrogen) atoms. The molecule has 1 saturated heterocycles. The van der Waals surface area contributed by atoms with Crippen molar-refractivity contribution in [3.63, 3.8) is 0 Å². The lowest BCUT2D eigenvalue weighted by atomic mass is 9.57. The van der Waals surface area contributed by atoms with Crippen LogP contribution < -0.4 is 5.32 Å². The summed E-state index contributed by atoms with van der Waals surface area (Å²) in [7, 11) is 0. The molecular formula is C13H25N. The van der Waals surface area contributed by atoms with Crippen LogP contribution in [0.4, 0.5) is 0 Å². The predicted molar refractivity (Wildman–Crippen MR) is 61.3 cm³/mol. The topological polar surface area (TPSA) is 12.0 Å². The van der Waals surface area contributed by atoms with Crippen molar-refractivity contribution in [2.75, 3.05) is 13.1 Å². The van der Waals surface area contributed by atoms with E-state index in [1.165, 1.54) is 51.6 Å². The lowest BCUT2D eigenvalue weighted by molar-refractivity contribution is 0.00553. The summed E-state index contributed by atoms with van der Waals surface area (Å²) in [5.74, 6) is 2.01. The molecule has 0 aromatic heterocycles. The van der Waals surface area contributed by atoms with Gasteiger partial charge in [-0.05, 0) is 56.0 Å². The van der Waals surface area contributed by atoms with Crippen molar-refractivity contribution >= 4 is 0 Å². The van der Waals surface area contributed by atoms with Gasteiger partial charge in [-0.3, -0.25) is 0 Å². The van der Waals surface area contributed by atoms with Gasteiger partial charge in [0.05, 0.1) is 0 Å². The molecule has 1 heterocycles. The first-order valence-corrected chi connectivity index (χ1v) is 6.48. The molecule has 0 radical (unpaired) electrons. The molecule has 0 spiro atoms. The summed E-state index contributed by atoms with van der Waals surface area (Å²) in [5.41, 5.74) is 0.680. The highest BCUT2D eigenvalue weighted by Crippen LogP contribution is 2.50. The summed E-state index contributed by atoms with van der Waals surface area (Å²) in [4.78, 5) is 0. The van der Waals surface area contributed by atoms with Crippen LogP contribution in [0.15, 0.2) is 0 Å². The zero-order valence-corrected chi connectivity index (χ0v) is 9.81. The van der Waals surface area contributed by atoms with Crippen LogP contribution in [0.25, 0.3) is 0 Å². The summed E-state index contributed by atoms with van der Waals surface area (Å²) in [6.45, 7) is 7.43. The highest BCUT2D eigenvalue weighted by Gasteiger charge is 2.44. The second-order valence-corrected chi connectivity index (χ2v) is 5.57. The van der Waals surface area contributed by atoms with Crippen LogP contribution >= 0.6 is 0 Å². The molecule has 1 heteroatoms. The molecule has 1 aliphatic carbocycles. The predicted octanol–water partition coefficient (Wildman–Crippen LogP) is 3.20. The van der Waals surface area contributed by atoms with E-state index in [-0.39, 0.29) is 0 Å². The summed E-state index contributed by atoms with van der Waals surface area (Å²) in [6, 6.07) is 0. The Bertz CT molecular complexity index is 184. The fraction of sp³-hybridized carbons (Fsp3) is 1.00. The van der Waals surface area contributed by atoms with Gasteiger partial charge in [0.1, 0.15) is 0 Å². The average Bonchev–Trinajstić information content (AvgIpc) is 2.06. The third-order valence-electron chi connectivity index (χ3n) is 4.84. The van der Waals surface area contributed by atoms with Crippen LogP contribution in [0.2, 0.25) is 0 Å². The van der Waals surface area contributed by atoms with E-state index in [0.717, 1.165) is 11.8 Å². The zero-order valence-electron chi connectivity index (χ0n) is 9.81. The smallest absolute Gasteiger partial charge is 0.00152 e. The molecule has 82 valence electrons.